The normalized spacial score (nSPS) is 13.8. The monoisotopic (exact) mass is 279 g/mol. The van der Waals surface area contributed by atoms with E-state index in [1.54, 1.807) is 7.11 Å². The number of rotatable bonds is 10. The predicted octanol–water partition coefficient (Wildman–Crippen LogP) is 3.88. The van der Waals surface area contributed by atoms with Gasteiger partial charge in [-0.25, -0.2) is 0 Å². The summed E-state index contributed by atoms with van der Waals surface area (Å²) in [6.45, 7) is 9.62. The third-order valence-electron chi connectivity index (χ3n) is 3.86. The molecule has 1 N–H and O–H groups in total. The van der Waals surface area contributed by atoms with E-state index in [2.05, 4.69) is 26.1 Å². The van der Waals surface area contributed by atoms with Crippen LogP contribution in [-0.2, 0) is 0 Å². The molecule has 3 heteroatoms. The Labute approximate surface area is 123 Å². The Balaban J connectivity index is 2.44. The van der Waals surface area contributed by atoms with E-state index in [0.717, 1.165) is 44.0 Å². The zero-order valence-corrected chi connectivity index (χ0v) is 13.4. The Morgan fingerprint density at radius 1 is 1.15 bits per heavy atom. The van der Waals surface area contributed by atoms with Gasteiger partial charge in [-0.05, 0) is 43.4 Å². The molecule has 1 aromatic carbocycles. The topological polar surface area (TPSA) is 30.5 Å². The fourth-order valence-electron chi connectivity index (χ4n) is 2.10. The fraction of sp³-hybridized carbons (Fsp3) is 0.647. The molecule has 0 heterocycles. The molecule has 3 nitrogen and oxygen atoms in total. The third kappa shape index (κ3) is 5.41. The molecular formula is C17H29NO2. The van der Waals surface area contributed by atoms with Gasteiger partial charge in [-0.3, -0.25) is 0 Å². The average Bonchev–Trinajstić information content (AvgIpc) is 2.48. The van der Waals surface area contributed by atoms with E-state index in [1.165, 1.54) is 6.42 Å². The maximum Gasteiger partial charge on any atom is 0.161 e. The molecule has 0 saturated heterocycles. The van der Waals surface area contributed by atoms with E-state index in [0.29, 0.717) is 0 Å². The molecule has 1 aromatic rings. The SMILES string of the molecule is CCCNCC(C)(CC)CCOc1ccccc1OC. The molecule has 0 aliphatic rings. The highest BCUT2D eigenvalue weighted by Gasteiger charge is 2.21. The van der Waals surface area contributed by atoms with Gasteiger partial charge in [-0.15, -0.1) is 0 Å². The average molecular weight is 279 g/mol. The number of hydrogen-bond donors (Lipinski definition) is 1. The summed E-state index contributed by atoms with van der Waals surface area (Å²) >= 11 is 0. The van der Waals surface area contributed by atoms with Crippen molar-refractivity contribution in [3.05, 3.63) is 24.3 Å². The Hall–Kier alpha value is -1.22. The standard InChI is InChI=1S/C17H29NO2/c1-5-12-18-14-17(3,6-2)11-13-20-16-10-8-7-9-15(16)19-4/h7-10,18H,5-6,11-14H2,1-4H3. The van der Waals surface area contributed by atoms with E-state index in [4.69, 9.17) is 9.47 Å². The highest BCUT2D eigenvalue weighted by molar-refractivity contribution is 5.39. The van der Waals surface area contributed by atoms with Crippen molar-refractivity contribution in [1.82, 2.24) is 5.32 Å². The first-order valence-corrected chi connectivity index (χ1v) is 7.61. The van der Waals surface area contributed by atoms with Gasteiger partial charge >= 0.3 is 0 Å². The number of benzene rings is 1. The fourth-order valence-corrected chi connectivity index (χ4v) is 2.10. The van der Waals surface area contributed by atoms with Crippen LogP contribution in [0.5, 0.6) is 11.5 Å². The third-order valence-corrected chi connectivity index (χ3v) is 3.86. The Morgan fingerprint density at radius 2 is 1.85 bits per heavy atom. The molecule has 0 aliphatic carbocycles. The molecule has 20 heavy (non-hydrogen) atoms. The summed E-state index contributed by atoms with van der Waals surface area (Å²) in [4.78, 5) is 0. The lowest BCUT2D eigenvalue weighted by molar-refractivity contribution is 0.196. The predicted molar refractivity (Wildman–Crippen MR) is 84.7 cm³/mol. The van der Waals surface area contributed by atoms with E-state index >= 15 is 0 Å². The second kappa shape index (κ2) is 8.85. The first kappa shape index (κ1) is 16.8. The van der Waals surface area contributed by atoms with Crippen LogP contribution >= 0.6 is 0 Å². The first-order valence-electron chi connectivity index (χ1n) is 7.61. The molecule has 1 unspecified atom stereocenters. The van der Waals surface area contributed by atoms with Crippen LogP contribution in [0.3, 0.4) is 0 Å². The van der Waals surface area contributed by atoms with Crippen molar-refractivity contribution < 1.29 is 9.47 Å². The van der Waals surface area contributed by atoms with Crippen LogP contribution < -0.4 is 14.8 Å². The minimum absolute atomic E-state index is 0.289. The van der Waals surface area contributed by atoms with Gasteiger partial charge in [0.15, 0.2) is 11.5 Å². The highest BCUT2D eigenvalue weighted by atomic mass is 16.5. The summed E-state index contributed by atoms with van der Waals surface area (Å²) in [5, 5.41) is 3.52. The second-order valence-corrected chi connectivity index (χ2v) is 5.59. The molecule has 0 aromatic heterocycles. The highest BCUT2D eigenvalue weighted by Crippen LogP contribution is 2.29. The second-order valence-electron chi connectivity index (χ2n) is 5.59. The lowest BCUT2D eigenvalue weighted by Gasteiger charge is -2.28. The number of para-hydroxylation sites is 2. The van der Waals surface area contributed by atoms with Crippen LogP contribution in [-0.4, -0.2) is 26.8 Å². The molecule has 0 saturated carbocycles. The van der Waals surface area contributed by atoms with Crippen LogP contribution in [0.4, 0.5) is 0 Å². The lowest BCUT2D eigenvalue weighted by atomic mass is 9.84. The van der Waals surface area contributed by atoms with E-state index in [-0.39, 0.29) is 5.41 Å². The molecule has 0 aliphatic heterocycles. The molecule has 0 spiro atoms. The summed E-state index contributed by atoms with van der Waals surface area (Å²) in [7, 11) is 1.67. The van der Waals surface area contributed by atoms with Crippen molar-refractivity contribution in [2.24, 2.45) is 5.41 Å². The van der Waals surface area contributed by atoms with Crippen molar-refractivity contribution in [3.8, 4) is 11.5 Å². The minimum Gasteiger partial charge on any atom is -0.493 e. The van der Waals surface area contributed by atoms with Crippen molar-refractivity contribution in [2.75, 3.05) is 26.8 Å². The molecule has 1 rings (SSSR count). The minimum atomic E-state index is 0.289. The maximum atomic E-state index is 5.88. The van der Waals surface area contributed by atoms with E-state index in [9.17, 15) is 0 Å². The Kier molecular flexibility index (Phi) is 7.45. The molecule has 0 bridgehead atoms. The van der Waals surface area contributed by atoms with Crippen molar-refractivity contribution >= 4 is 0 Å². The van der Waals surface area contributed by atoms with Crippen LogP contribution in [0.1, 0.15) is 40.0 Å². The smallest absolute Gasteiger partial charge is 0.161 e. The van der Waals surface area contributed by atoms with Gasteiger partial charge in [-0.1, -0.05) is 32.9 Å². The zero-order chi connectivity index (χ0) is 14.8. The summed E-state index contributed by atoms with van der Waals surface area (Å²) in [6.07, 6.45) is 3.37. The van der Waals surface area contributed by atoms with E-state index in [1.807, 2.05) is 24.3 Å². The Bertz CT molecular complexity index is 381. The summed E-state index contributed by atoms with van der Waals surface area (Å²) < 4.78 is 11.2. The molecule has 0 fully saturated rings. The van der Waals surface area contributed by atoms with Crippen molar-refractivity contribution in [2.45, 2.75) is 40.0 Å². The quantitative estimate of drug-likeness (QED) is 0.659. The van der Waals surface area contributed by atoms with Gasteiger partial charge in [0.1, 0.15) is 0 Å². The van der Waals surface area contributed by atoms with Gasteiger partial charge in [0.2, 0.25) is 0 Å². The van der Waals surface area contributed by atoms with Gasteiger partial charge in [0.05, 0.1) is 13.7 Å². The van der Waals surface area contributed by atoms with E-state index < -0.39 is 0 Å². The number of hydrogen-bond acceptors (Lipinski definition) is 3. The largest absolute Gasteiger partial charge is 0.493 e. The zero-order valence-electron chi connectivity index (χ0n) is 13.4. The summed E-state index contributed by atoms with van der Waals surface area (Å²) in [5.74, 6) is 1.63. The molecule has 1 atom stereocenters. The van der Waals surface area contributed by atoms with Crippen LogP contribution in [0.2, 0.25) is 0 Å². The van der Waals surface area contributed by atoms with Crippen LogP contribution in [0, 0.1) is 5.41 Å². The van der Waals surface area contributed by atoms with Gasteiger partial charge in [-0.2, -0.15) is 0 Å². The number of nitrogens with one attached hydrogen (secondary N) is 1. The lowest BCUT2D eigenvalue weighted by Crippen LogP contribution is -2.33. The number of ether oxygens (including phenoxy) is 2. The Morgan fingerprint density at radius 3 is 2.45 bits per heavy atom. The summed E-state index contributed by atoms with van der Waals surface area (Å²) in [5.41, 5.74) is 0.289. The van der Waals surface area contributed by atoms with Crippen LogP contribution in [0.25, 0.3) is 0 Å². The van der Waals surface area contributed by atoms with Gasteiger partial charge < -0.3 is 14.8 Å². The molecule has 114 valence electrons. The molecular weight excluding hydrogens is 250 g/mol. The molecule has 0 amide bonds. The maximum absolute atomic E-state index is 5.88. The first-order chi connectivity index (χ1) is 9.65. The summed E-state index contributed by atoms with van der Waals surface area (Å²) in [6, 6.07) is 7.81. The van der Waals surface area contributed by atoms with Crippen molar-refractivity contribution in [3.63, 3.8) is 0 Å². The molecule has 0 radical (unpaired) electrons. The number of methoxy groups -OCH3 is 1. The van der Waals surface area contributed by atoms with Crippen LogP contribution in [0.15, 0.2) is 24.3 Å². The van der Waals surface area contributed by atoms with Crippen molar-refractivity contribution in [1.29, 1.82) is 0 Å². The van der Waals surface area contributed by atoms with Gasteiger partial charge in [0, 0.05) is 6.54 Å². The van der Waals surface area contributed by atoms with Gasteiger partial charge in [0.25, 0.3) is 0 Å².